The highest BCUT2D eigenvalue weighted by Crippen LogP contribution is 2.22. The number of aliphatic hydroxyl groups is 1. The topological polar surface area (TPSA) is 46.5 Å². The summed E-state index contributed by atoms with van der Waals surface area (Å²) in [6.45, 7) is 2.37. The van der Waals surface area contributed by atoms with Gasteiger partial charge < -0.3 is 9.84 Å². The van der Waals surface area contributed by atoms with Crippen LogP contribution in [0.3, 0.4) is 0 Å². The quantitative estimate of drug-likeness (QED) is 0.660. The molecule has 0 radical (unpaired) electrons. The zero-order valence-electron chi connectivity index (χ0n) is 11.7. The lowest BCUT2D eigenvalue weighted by Crippen LogP contribution is -2.13. The largest absolute Gasteiger partial charge is 0.394 e. The van der Waals surface area contributed by atoms with Crippen LogP contribution < -0.4 is 0 Å². The number of ketones is 1. The molecular weight excluding hydrogens is 240 g/mol. The van der Waals surface area contributed by atoms with Gasteiger partial charge in [-0.25, -0.2) is 0 Å². The van der Waals surface area contributed by atoms with Gasteiger partial charge in [-0.3, -0.25) is 4.79 Å². The van der Waals surface area contributed by atoms with Crippen LogP contribution in [0.1, 0.15) is 50.7 Å². The molecule has 1 unspecified atom stereocenters. The number of hydrogen-bond acceptors (Lipinski definition) is 3. The first kappa shape index (κ1) is 15.9. The van der Waals surface area contributed by atoms with Gasteiger partial charge in [0, 0.05) is 12.8 Å². The Balaban J connectivity index is 2.52. The van der Waals surface area contributed by atoms with Crippen molar-refractivity contribution in [2.24, 2.45) is 0 Å². The fourth-order valence-electron chi connectivity index (χ4n) is 2.02. The molecular formula is C16H24O3. The summed E-state index contributed by atoms with van der Waals surface area (Å²) in [4.78, 5) is 11.9. The van der Waals surface area contributed by atoms with Crippen molar-refractivity contribution in [3.8, 4) is 0 Å². The maximum Gasteiger partial charge on any atom is 0.135 e. The van der Waals surface area contributed by atoms with E-state index in [1.807, 2.05) is 30.3 Å². The zero-order chi connectivity index (χ0) is 13.9. The van der Waals surface area contributed by atoms with Gasteiger partial charge in [-0.15, -0.1) is 0 Å². The van der Waals surface area contributed by atoms with Gasteiger partial charge in [0.15, 0.2) is 0 Å². The lowest BCUT2D eigenvalue weighted by Gasteiger charge is -2.17. The monoisotopic (exact) mass is 264 g/mol. The van der Waals surface area contributed by atoms with Crippen LogP contribution in [0.25, 0.3) is 0 Å². The van der Waals surface area contributed by atoms with Crippen LogP contribution >= 0.6 is 0 Å². The van der Waals surface area contributed by atoms with Crippen molar-refractivity contribution >= 4 is 5.78 Å². The summed E-state index contributed by atoms with van der Waals surface area (Å²) in [5.41, 5.74) is 1.000. The van der Waals surface area contributed by atoms with Crippen molar-refractivity contribution in [1.29, 1.82) is 0 Å². The lowest BCUT2D eigenvalue weighted by atomic mass is 10.0. The molecule has 0 saturated heterocycles. The van der Waals surface area contributed by atoms with Gasteiger partial charge in [-0.2, -0.15) is 0 Å². The third-order valence-electron chi connectivity index (χ3n) is 3.05. The van der Waals surface area contributed by atoms with E-state index in [1.165, 1.54) is 0 Å². The number of benzene rings is 1. The second-order valence-corrected chi connectivity index (χ2v) is 4.69. The number of carbonyl (C=O) groups is 1. The molecule has 3 nitrogen and oxygen atoms in total. The van der Waals surface area contributed by atoms with Crippen molar-refractivity contribution in [2.75, 3.05) is 13.2 Å². The number of Topliss-reactive ketones (excluding diaryl/α,β-unsaturated/α-hetero) is 1. The Morgan fingerprint density at radius 1 is 1.26 bits per heavy atom. The summed E-state index contributed by atoms with van der Waals surface area (Å²) >= 11 is 0. The summed E-state index contributed by atoms with van der Waals surface area (Å²) in [6.07, 6.45) is 3.96. The van der Waals surface area contributed by atoms with Gasteiger partial charge in [0.1, 0.15) is 5.78 Å². The molecule has 0 heterocycles. The highest BCUT2D eigenvalue weighted by atomic mass is 16.5. The fourth-order valence-corrected chi connectivity index (χ4v) is 2.02. The molecule has 0 aliphatic carbocycles. The Labute approximate surface area is 115 Å². The fraction of sp³-hybridized carbons (Fsp3) is 0.562. The van der Waals surface area contributed by atoms with Crippen LogP contribution in [-0.2, 0) is 9.53 Å². The lowest BCUT2D eigenvalue weighted by molar-refractivity contribution is -0.122. The van der Waals surface area contributed by atoms with Crippen LogP contribution in [0.15, 0.2) is 30.3 Å². The van der Waals surface area contributed by atoms with Crippen LogP contribution in [-0.4, -0.2) is 24.1 Å². The van der Waals surface area contributed by atoms with Crippen molar-refractivity contribution in [3.63, 3.8) is 0 Å². The molecule has 0 amide bonds. The normalized spacial score (nSPS) is 12.3. The van der Waals surface area contributed by atoms with Gasteiger partial charge >= 0.3 is 0 Å². The third kappa shape index (κ3) is 6.50. The average molecular weight is 264 g/mol. The predicted molar refractivity (Wildman–Crippen MR) is 76.0 cm³/mol. The van der Waals surface area contributed by atoms with Gasteiger partial charge in [-0.05, 0) is 12.0 Å². The molecule has 0 aliphatic heterocycles. The molecule has 0 fully saturated rings. The van der Waals surface area contributed by atoms with Crippen molar-refractivity contribution in [1.82, 2.24) is 0 Å². The number of hydrogen-bond donors (Lipinski definition) is 1. The van der Waals surface area contributed by atoms with Gasteiger partial charge in [0.05, 0.1) is 19.3 Å². The molecule has 106 valence electrons. The van der Waals surface area contributed by atoms with E-state index in [-0.39, 0.29) is 25.1 Å². The molecule has 1 aromatic rings. The smallest absolute Gasteiger partial charge is 0.135 e. The van der Waals surface area contributed by atoms with Gasteiger partial charge in [0.2, 0.25) is 0 Å². The minimum Gasteiger partial charge on any atom is -0.394 e. The highest BCUT2D eigenvalue weighted by Gasteiger charge is 2.16. The Morgan fingerprint density at radius 2 is 2.00 bits per heavy atom. The molecule has 0 saturated carbocycles. The number of ether oxygens (including phenoxy) is 1. The standard InChI is InChI=1S/C16H24O3/c1-2-3-5-10-15(18)13-16(19-12-11-17)14-8-6-4-7-9-14/h4,6-9,16-17H,2-3,5,10-13H2,1H3. The molecule has 0 spiro atoms. The first-order valence-electron chi connectivity index (χ1n) is 7.07. The summed E-state index contributed by atoms with van der Waals surface area (Å²) < 4.78 is 5.58. The first-order valence-corrected chi connectivity index (χ1v) is 7.07. The molecule has 1 aromatic carbocycles. The number of rotatable bonds is 10. The van der Waals surface area contributed by atoms with Crippen LogP contribution in [0.5, 0.6) is 0 Å². The van der Waals surface area contributed by atoms with E-state index in [2.05, 4.69) is 6.92 Å². The number of carbonyl (C=O) groups excluding carboxylic acids is 1. The zero-order valence-corrected chi connectivity index (χ0v) is 11.7. The van der Waals surface area contributed by atoms with Crippen molar-refractivity contribution in [3.05, 3.63) is 35.9 Å². The van der Waals surface area contributed by atoms with E-state index in [9.17, 15) is 4.79 Å². The van der Waals surface area contributed by atoms with Crippen molar-refractivity contribution in [2.45, 2.75) is 45.1 Å². The Morgan fingerprint density at radius 3 is 2.63 bits per heavy atom. The second-order valence-electron chi connectivity index (χ2n) is 4.69. The Hall–Kier alpha value is -1.19. The van der Waals surface area contributed by atoms with E-state index >= 15 is 0 Å². The molecule has 0 bridgehead atoms. The third-order valence-corrected chi connectivity index (χ3v) is 3.05. The number of unbranched alkanes of at least 4 members (excludes halogenated alkanes) is 2. The molecule has 19 heavy (non-hydrogen) atoms. The van der Waals surface area contributed by atoms with E-state index in [4.69, 9.17) is 9.84 Å². The average Bonchev–Trinajstić information content (AvgIpc) is 2.44. The first-order chi connectivity index (χ1) is 9.27. The Kier molecular flexibility index (Phi) is 8.10. The summed E-state index contributed by atoms with van der Waals surface area (Å²) in [5, 5.41) is 8.86. The van der Waals surface area contributed by atoms with E-state index in [0.29, 0.717) is 12.8 Å². The number of aliphatic hydroxyl groups excluding tert-OH is 1. The minimum atomic E-state index is -0.234. The molecule has 1 N–H and O–H groups in total. The van der Waals surface area contributed by atoms with Crippen LogP contribution in [0, 0.1) is 0 Å². The van der Waals surface area contributed by atoms with E-state index in [1.54, 1.807) is 0 Å². The van der Waals surface area contributed by atoms with Crippen molar-refractivity contribution < 1.29 is 14.6 Å². The summed E-state index contributed by atoms with van der Waals surface area (Å²) in [7, 11) is 0. The van der Waals surface area contributed by atoms with Gasteiger partial charge in [0.25, 0.3) is 0 Å². The minimum absolute atomic E-state index is 0.0205. The van der Waals surface area contributed by atoms with Crippen LogP contribution in [0.4, 0.5) is 0 Å². The predicted octanol–water partition coefficient (Wildman–Crippen LogP) is 3.28. The molecule has 0 aliphatic rings. The molecule has 0 aromatic heterocycles. The summed E-state index contributed by atoms with van der Waals surface area (Å²) in [5.74, 6) is 0.236. The highest BCUT2D eigenvalue weighted by molar-refractivity contribution is 5.79. The maximum absolute atomic E-state index is 11.9. The van der Waals surface area contributed by atoms with E-state index in [0.717, 1.165) is 24.8 Å². The Bertz CT molecular complexity index is 348. The molecule has 1 atom stereocenters. The van der Waals surface area contributed by atoms with Crippen LogP contribution in [0.2, 0.25) is 0 Å². The van der Waals surface area contributed by atoms with Gasteiger partial charge in [-0.1, -0.05) is 50.1 Å². The molecule has 3 heteroatoms. The second kappa shape index (κ2) is 9.70. The van der Waals surface area contributed by atoms with E-state index < -0.39 is 0 Å². The summed E-state index contributed by atoms with van der Waals surface area (Å²) in [6, 6.07) is 9.73. The maximum atomic E-state index is 11.9. The SMILES string of the molecule is CCCCCC(=O)CC(OCCO)c1ccccc1. The molecule has 1 rings (SSSR count).